The summed E-state index contributed by atoms with van der Waals surface area (Å²) in [4.78, 5) is 19.1. The van der Waals surface area contributed by atoms with Crippen LogP contribution >= 0.6 is 0 Å². The van der Waals surface area contributed by atoms with Gasteiger partial charge in [0, 0.05) is 45.9 Å². The molecule has 2 aromatic rings. The van der Waals surface area contributed by atoms with Crippen molar-refractivity contribution in [1.29, 1.82) is 0 Å². The molecule has 178 valence electrons. The molecule has 2 heterocycles. The number of benzene rings is 1. The van der Waals surface area contributed by atoms with Crippen molar-refractivity contribution in [3.63, 3.8) is 0 Å². The number of fused-ring (bicyclic) bond motifs is 1. The fourth-order valence-corrected chi connectivity index (χ4v) is 4.58. The third-order valence-electron chi connectivity index (χ3n) is 6.12. The smallest absolute Gasteiger partial charge is 0.310 e. The van der Waals surface area contributed by atoms with Gasteiger partial charge in [-0.1, -0.05) is 26.0 Å². The summed E-state index contributed by atoms with van der Waals surface area (Å²) in [6, 6.07) is 8.02. The predicted molar refractivity (Wildman–Crippen MR) is 124 cm³/mol. The Kier molecular flexibility index (Phi) is 9.04. The van der Waals surface area contributed by atoms with Crippen LogP contribution in [0.25, 0.3) is 11.0 Å². The summed E-state index contributed by atoms with van der Waals surface area (Å²) in [5, 5.41) is 15.0. The molecule has 2 N–H and O–H groups in total. The highest BCUT2D eigenvalue weighted by molar-refractivity contribution is 5.76. The molecule has 1 saturated heterocycles. The van der Waals surface area contributed by atoms with Crippen LogP contribution in [-0.2, 0) is 20.8 Å². The van der Waals surface area contributed by atoms with Crippen molar-refractivity contribution in [2.24, 2.45) is 11.8 Å². The molecule has 8 nitrogen and oxygen atoms in total. The van der Waals surface area contributed by atoms with Gasteiger partial charge in [0.05, 0.1) is 24.1 Å². The first-order chi connectivity index (χ1) is 15.5. The topological polar surface area (TPSA) is 88.9 Å². The quantitative estimate of drug-likeness (QED) is 0.312. The summed E-state index contributed by atoms with van der Waals surface area (Å²) in [7, 11) is 3.14. The number of ether oxygens (including phenoxy) is 2. The van der Waals surface area contributed by atoms with Gasteiger partial charge in [0.2, 0.25) is 0 Å². The van der Waals surface area contributed by atoms with E-state index in [1.807, 2.05) is 18.2 Å². The van der Waals surface area contributed by atoms with Crippen LogP contribution in [-0.4, -0.2) is 72.0 Å². The van der Waals surface area contributed by atoms with Crippen molar-refractivity contribution in [3.05, 3.63) is 30.1 Å². The first-order valence-corrected chi connectivity index (χ1v) is 11.6. The Morgan fingerprint density at radius 2 is 2.06 bits per heavy atom. The Hall–Kier alpha value is -2.00. The number of unbranched alkanes of at least 4 members (excludes halogenated alkanes) is 1. The van der Waals surface area contributed by atoms with Gasteiger partial charge in [-0.2, -0.15) is 0 Å². The van der Waals surface area contributed by atoms with Crippen LogP contribution in [0.4, 0.5) is 0 Å². The molecule has 1 unspecified atom stereocenters. The maximum absolute atomic E-state index is 12.2. The number of aliphatic hydroxyl groups is 1. The fourth-order valence-electron chi connectivity index (χ4n) is 4.58. The Morgan fingerprint density at radius 3 is 2.78 bits per heavy atom. The van der Waals surface area contributed by atoms with Gasteiger partial charge >= 0.3 is 5.97 Å². The van der Waals surface area contributed by atoms with Gasteiger partial charge in [0.1, 0.15) is 0 Å². The molecule has 1 aliphatic heterocycles. The average Bonchev–Trinajstić information content (AvgIpc) is 3.18. The molecule has 1 aromatic heterocycles. The zero-order valence-electron chi connectivity index (χ0n) is 19.8. The number of para-hydroxylation sites is 2. The number of esters is 1. The number of hydrogen-bond donors (Lipinski definition) is 2. The molecule has 1 aromatic carbocycles. The van der Waals surface area contributed by atoms with E-state index in [1.165, 1.54) is 7.11 Å². The molecule has 0 saturated carbocycles. The van der Waals surface area contributed by atoms with E-state index in [2.05, 4.69) is 34.7 Å². The number of hydrogen-bond acceptors (Lipinski definition) is 7. The minimum Gasteiger partial charge on any atom is -0.469 e. The predicted octanol–water partition coefficient (Wildman–Crippen LogP) is 2.56. The minimum absolute atomic E-state index is 0.00648. The highest BCUT2D eigenvalue weighted by Gasteiger charge is 2.36. The average molecular weight is 447 g/mol. The minimum atomic E-state index is -0.865. The number of nitrogens with one attached hydrogen (secondary N) is 1. The number of aliphatic hydroxyl groups excluding tert-OH is 1. The van der Waals surface area contributed by atoms with E-state index in [9.17, 15) is 9.90 Å². The standard InChI is InChI=1S/C24H38N4O4/c1-17(2)16-28(19-13-18(14-25-15-19)24(30)32-4)23(29)22-26-20-9-5-6-10-21(20)27(22)11-7-8-12-31-3/h5-6,9-10,17-19,23,25,29H,7-8,11-16H2,1-4H3/t18-,19+,23?/m1/s1. The Bertz CT molecular complexity index is 869. The second kappa shape index (κ2) is 11.7. The van der Waals surface area contributed by atoms with Crippen molar-refractivity contribution < 1.29 is 19.4 Å². The summed E-state index contributed by atoms with van der Waals surface area (Å²) in [5.41, 5.74) is 1.91. The van der Waals surface area contributed by atoms with Crippen molar-refractivity contribution in [3.8, 4) is 0 Å². The molecule has 0 radical (unpaired) electrons. The van der Waals surface area contributed by atoms with Gasteiger partial charge < -0.3 is 24.5 Å². The van der Waals surface area contributed by atoms with Crippen LogP contribution < -0.4 is 5.32 Å². The summed E-state index contributed by atoms with van der Waals surface area (Å²) < 4.78 is 12.3. The lowest BCUT2D eigenvalue weighted by Gasteiger charge is -2.40. The maximum atomic E-state index is 12.2. The Balaban J connectivity index is 1.90. The molecule has 3 rings (SSSR count). The number of rotatable bonds is 11. The number of carbonyl (C=O) groups is 1. The summed E-state index contributed by atoms with van der Waals surface area (Å²) in [6.07, 6.45) is 1.67. The number of methoxy groups -OCH3 is 2. The van der Waals surface area contributed by atoms with Crippen molar-refractivity contribution in [2.45, 2.75) is 51.9 Å². The number of nitrogens with zero attached hydrogens (tertiary/aromatic N) is 3. The number of piperidine rings is 1. The van der Waals surface area contributed by atoms with E-state index in [0.29, 0.717) is 44.4 Å². The molecule has 0 aliphatic carbocycles. The molecule has 0 amide bonds. The van der Waals surface area contributed by atoms with Crippen LogP contribution in [0.5, 0.6) is 0 Å². The van der Waals surface area contributed by atoms with Crippen molar-refractivity contribution in [2.75, 3.05) is 40.5 Å². The lowest BCUT2D eigenvalue weighted by Crippen LogP contribution is -2.53. The SMILES string of the molecule is COCCCCn1c(C(O)N(CC(C)C)[C@@H]2CNC[C@H](C(=O)OC)C2)nc2ccccc21. The molecular weight excluding hydrogens is 408 g/mol. The van der Waals surface area contributed by atoms with E-state index >= 15 is 0 Å². The van der Waals surface area contributed by atoms with E-state index in [4.69, 9.17) is 14.5 Å². The lowest BCUT2D eigenvalue weighted by atomic mass is 9.94. The molecule has 32 heavy (non-hydrogen) atoms. The van der Waals surface area contributed by atoms with Crippen molar-refractivity contribution in [1.82, 2.24) is 19.8 Å². The molecule has 1 fully saturated rings. The van der Waals surface area contributed by atoms with E-state index in [1.54, 1.807) is 7.11 Å². The maximum Gasteiger partial charge on any atom is 0.310 e. The van der Waals surface area contributed by atoms with Gasteiger partial charge in [0.15, 0.2) is 12.1 Å². The summed E-state index contributed by atoms with van der Waals surface area (Å²) in [6.45, 7) is 7.78. The lowest BCUT2D eigenvalue weighted by molar-refractivity contribution is -0.147. The van der Waals surface area contributed by atoms with Crippen LogP contribution in [0.2, 0.25) is 0 Å². The van der Waals surface area contributed by atoms with Gasteiger partial charge in [0.25, 0.3) is 0 Å². The largest absolute Gasteiger partial charge is 0.469 e. The highest BCUT2D eigenvalue weighted by Crippen LogP contribution is 2.29. The monoisotopic (exact) mass is 446 g/mol. The van der Waals surface area contributed by atoms with E-state index < -0.39 is 6.23 Å². The third kappa shape index (κ3) is 5.86. The van der Waals surface area contributed by atoms with Gasteiger partial charge in [-0.05, 0) is 37.3 Å². The summed E-state index contributed by atoms with van der Waals surface area (Å²) in [5.74, 6) is 0.590. The number of aryl methyl sites for hydroxylation is 1. The number of aromatic nitrogens is 2. The Morgan fingerprint density at radius 1 is 1.28 bits per heavy atom. The second-order valence-corrected chi connectivity index (χ2v) is 9.04. The molecule has 8 heteroatoms. The zero-order valence-corrected chi connectivity index (χ0v) is 19.8. The second-order valence-electron chi connectivity index (χ2n) is 9.04. The van der Waals surface area contributed by atoms with Crippen LogP contribution in [0.3, 0.4) is 0 Å². The van der Waals surface area contributed by atoms with Gasteiger partial charge in [-0.25, -0.2) is 4.98 Å². The number of carbonyl (C=O) groups excluding carboxylic acids is 1. The molecule has 3 atom stereocenters. The van der Waals surface area contributed by atoms with Crippen molar-refractivity contribution >= 4 is 17.0 Å². The molecule has 0 bridgehead atoms. The molecule has 1 aliphatic rings. The number of imidazole rings is 1. The third-order valence-corrected chi connectivity index (χ3v) is 6.12. The fraction of sp³-hybridized carbons (Fsp3) is 0.667. The highest BCUT2D eigenvalue weighted by atomic mass is 16.5. The zero-order chi connectivity index (χ0) is 23.1. The first-order valence-electron chi connectivity index (χ1n) is 11.6. The van der Waals surface area contributed by atoms with Crippen LogP contribution in [0.15, 0.2) is 24.3 Å². The van der Waals surface area contributed by atoms with Crippen LogP contribution in [0, 0.1) is 11.8 Å². The van der Waals surface area contributed by atoms with Gasteiger partial charge in [-0.3, -0.25) is 9.69 Å². The van der Waals surface area contributed by atoms with E-state index in [-0.39, 0.29) is 17.9 Å². The Labute approximate surface area is 190 Å². The molecular formula is C24H38N4O4. The van der Waals surface area contributed by atoms with E-state index in [0.717, 1.165) is 30.4 Å². The van der Waals surface area contributed by atoms with Crippen LogP contribution in [0.1, 0.15) is 45.2 Å². The molecule has 0 spiro atoms. The normalized spacial score (nSPS) is 20.2. The first kappa shape index (κ1) is 24.6. The summed E-state index contributed by atoms with van der Waals surface area (Å²) >= 11 is 0. The van der Waals surface area contributed by atoms with Gasteiger partial charge in [-0.15, -0.1) is 0 Å².